The van der Waals surface area contributed by atoms with Gasteiger partial charge in [-0.25, -0.2) is 9.18 Å². The van der Waals surface area contributed by atoms with E-state index < -0.39 is 34.9 Å². The summed E-state index contributed by atoms with van der Waals surface area (Å²) in [6.07, 6.45) is 0. The third kappa shape index (κ3) is 4.01. The number of nitro benzene ring substituents is 1. The molecular formula is C18H12BrFN2O6. The fourth-order valence-corrected chi connectivity index (χ4v) is 2.89. The first kappa shape index (κ1) is 19.5. The number of furan rings is 1. The van der Waals surface area contributed by atoms with E-state index in [9.17, 15) is 24.1 Å². The molecule has 1 N–H and O–H groups in total. The maximum absolute atomic E-state index is 13.1. The van der Waals surface area contributed by atoms with E-state index in [-0.39, 0.29) is 11.4 Å². The Morgan fingerprint density at radius 3 is 2.75 bits per heavy atom. The predicted octanol–water partition coefficient (Wildman–Crippen LogP) is 4.35. The monoisotopic (exact) mass is 450 g/mol. The number of hydrogen-bond donors (Lipinski definition) is 1. The van der Waals surface area contributed by atoms with Gasteiger partial charge in [0.1, 0.15) is 17.1 Å². The summed E-state index contributed by atoms with van der Waals surface area (Å²) in [6.45, 7) is 0.977. The van der Waals surface area contributed by atoms with Crippen molar-refractivity contribution in [3.05, 3.63) is 68.1 Å². The summed E-state index contributed by atoms with van der Waals surface area (Å²) in [6, 6.07) is 7.91. The van der Waals surface area contributed by atoms with Crippen LogP contribution in [-0.2, 0) is 9.53 Å². The number of ether oxygens (including phenoxy) is 1. The van der Waals surface area contributed by atoms with Crippen LogP contribution in [0.15, 0.2) is 45.3 Å². The molecule has 1 heterocycles. The smallest absolute Gasteiger partial charge is 0.375 e. The molecular weight excluding hydrogens is 439 g/mol. The number of esters is 1. The minimum Gasteiger partial charge on any atom is -0.450 e. The number of aryl methyl sites for hydroxylation is 1. The fourth-order valence-electron chi connectivity index (χ4n) is 2.53. The number of rotatable bonds is 5. The van der Waals surface area contributed by atoms with E-state index in [1.54, 1.807) is 25.1 Å². The molecule has 28 heavy (non-hydrogen) atoms. The van der Waals surface area contributed by atoms with Crippen LogP contribution in [0.5, 0.6) is 0 Å². The first-order chi connectivity index (χ1) is 13.3. The Balaban J connectivity index is 1.69. The molecule has 3 rings (SSSR count). The van der Waals surface area contributed by atoms with Crippen molar-refractivity contribution in [3.63, 3.8) is 0 Å². The third-order valence-corrected chi connectivity index (χ3v) is 4.34. The molecule has 0 aliphatic carbocycles. The van der Waals surface area contributed by atoms with Gasteiger partial charge in [-0.2, -0.15) is 0 Å². The summed E-state index contributed by atoms with van der Waals surface area (Å²) in [5.41, 5.74) is 0.213. The van der Waals surface area contributed by atoms with Crippen molar-refractivity contribution in [2.45, 2.75) is 6.92 Å². The van der Waals surface area contributed by atoms with Crippen molar-refractivity contribution < 1.29 is 28.1 Å². The largest absolute Gasteiger partial charge is 0.450 e. The number of anilines is 1. The minimum atomic E-state index is -0.853. The highest BCUT2D eigenvalue weighted by atomic mass is 79.9. The van der Waals surface area contributed by atoms with Crippen molar-refractivity contribution in [2.24, 2.45) is 0 Å². The average Bonchev–Trinajstić information content (AvgIpc) is 2.97. The van der Waals surface area contributed by atoms with Gasteiger partial charge < -0.3 is 14.5 Å². The van der Waals surface area contributed by atoms with Crippen molar-refractivity contribution >= 4 is 50.2 Å². The van der Waals surface area contributed by atoms with Crippen LogP contribution < -0.4 is 5.32 Å². The average molecular weight is 451 g/mol. The number of carbonyl (C=O) groups excluding carboxylic acids is 2. The van der Waals surface area contributed by atoms with Crippen molar-refractivity contribution in [1.82, 2.24) is 0 Å². The maximum Gasteiger partial charge on any atom is 0.375 e. The van der Waals surface area contributed by atoms with E-state index in [1.807, 2.05) is 0 Å². The fraction of sp³-hybridized carbons (Fsp3) is 0.111. The zero-order valence-electron chi connectivity index (χ0n) is 14.3. The van der Waals surface area contributed by atoms with Crippen LogP contribution in [0.3, 0.4) is 0 Å². The molecule has 0 aliphatic rings. The Morgan fingerprint density at radius 1 is 1.29 bits per heavy atom. The highest BCUT2D eigenvalue weighted by Crippen LogP contribution is 2.28. The molecule has 8 nitrogen and oxygen atoms in total. The van der Waals surface area contributed by atoms with Crippen molar-refractivity contribution in [2.75, 3.05) is 11.9 Å². The molecule has 0 bridgehead atoms. The highest BCUT2D eigenvalue weighted by Gasteiger charge is 2.21. The second kappa shape index (κ2) is 7.77. The number of benzene rings is 2. The van der Waals surface area contributed by atoms with E-state index in [4.69, 9.17) is 9.15 Å². The molecule has 0 saturated heterocycles. The van der Waals surface area contributed by atoms with E-state index >= 15 is 0 Å². The van der Waals surface area contributed by atoms with Crippen molar-refractivity contribution in [3.8, 4) is 0 Å². The van der Waals surface area contributed by atoms with E-state index in [0.29, 0.717) is 22.6 Å². The van der Waals surface area contributed by atoms with Gasteiger partial charge in [0.25, 0.3) is 11.6 Å². The number of nitro groups is 1. The van der Waals surface area contributed by atoms with Gasteiger partial charge in [0.15, 0.2) is 6.61 Å². The Bertz CT molecular complexity index is 1110. The van der Waals surface area contributed by atoms with Crippen LogP contribution in [-0.4, -0.2) is 23.4 Å². The molecule has 0 aliphatic heterocycles. The van der Waals surface area contributed by atoms with Gasteiger partial charge in [-0.15, -0.1) is 0 Å². The number of fused-ring (bicyclic) bond motifs is 1. The molecule has 0 atom stereocenters. The molecule has 1 amide bonds. The van der Waals surface area contributed by atoms with Gasteiger partial charge in [0.2, 0.25) is 5.76 Å². The van der Waals surface area contributed by atoms with Crippen LogP contribution in [0.25, 0.3) is 11.0 Å². The van der Waals surface area contributed by atoms with Crippen LogP contribution in [0.4, 0.5) is 15.8 Å². The molecule has 3 aromatic rings. The Labute approximate surface area is 165 Å². The van der Waals surface area contributed by atoms with Gasteiger partial charge in [-0.05, 0) is 37.3 Å². The first-order valence-electron chi connectivity index (χ1n) is 7.86. The standard InChI is InChI=1S/C18H12BrFN2O6/c1-9-12-6-10(19)2-5-15(12)28-17(9)18(24)27-8-16(23)21-13-4-3-11(20)7-14(13)22(25)26/h2-7H,8H2,1H3,(H,21,23). The van der Waals surface area contributed by atoms with Crippen LogP contribution in [0, 0.1) is 22.9 Å². The number of halogens is 2. The molecule has 0 fully saturated rings. The topological polar surface area (TPSA) is 112 Å². The Morgan fingerprint density at radius 2 is 2.04 bits per heavy atom. The minimum absolute atomic E-state index is 0.0475. The third-order valence-electron chi connectivity index (χ3n) is 3.85. The number of amides is 1. The van der Waals surface area contributed by atoms with Gasteiger partial charge in [0.05, 0.1) is 11.0 Å². The van der Waals surface area contributed by atoms with E-state index in [1.165, 1.54) is 0 Å². The van der Waals surface area contributed by atoms with Gasteiger partial charge in [-0.3, -0.25) is 14.9 Å². The number of nitrogens with one attached hydrogen (secondary N) is 1. The highest BCUT2D eigenvalue weighted by molar-refractivity contribution is 9.10. The molecule has 1 aromatic heterocycles. The van der Waals surface area contributed by atoms with Crippen LogP contribution >= 0.6 is 15.9 Å². The summed E-state index contributed by atoms with van der Waals surface area (Å²) < 4.78 is 24.3. The molecule has 10 heteroatoms. The Kier molecular flexibility index (Phi) is 5.41. The maximum atomic E-state index is 13.1. The van der Waals surface area contributed by atoms with Gasteiger partial charge >= 0.3 is 5.97 Å². The zero-order valence-corrected chi connectivity index (χ0v) is 15.9. The summed E-state index contributed by atoms with van der Waals surface area (Å²) in [4.78, 5) is 34.3. The zero-order chi connectivity index (χ0) is 20.4. The SMILES string of the molecule is Cc1c(C(=O)OCC(=O)Nc2ccc(F)cc2[N+](=O)[O-])oc2ccc(Br)cc12. The first-order valence-corrected chi connectivity index (χ1v) is 8.65. The lowest BCUT2D eigenvalue weighted by Crippen LogP contribution is -2.21. The second-order valence-electron chi connectivity index (χ2n) is 5.74. The van der Waals surface area contributed by atoms with E-state index in [0.717, 1.165) is 16.6 Å². The molecule has 0 unspecified atom stereocenters. The summed E-state index contributed by atoms with van der Waals surface area (Å²) >= 11 is 3.33. The van der Waals surface area contributed by atoms with Gasteiger partial charge in [0, 0.05) is 15.4 Å². The van der Waals surface area contributed by atoms with E-state index in [2.05, 4.69) is 21.2 Å². The lowest BCUT2D eigenvalue weighted by Gasteiger charge is -2.06. The van der Waals surface area contributed by atoms with Gasteiger partial charge in [-0.1, -0.05) is 15.9 Å². The normalized spacial score (nSPS) is 10.7. The molecule has 2 aromatic carbocycles. The number of hydrogen-bond acceptors (Lipinski definition) is 6. The summed E-state index contributed by atoms with van der Waals surface area (Å²) in [5.74, 6) is -2.54. The van der Waals surface area contributed by atoms with Crippen molar-refractivity contribution in [1.29, 1.82) is 0 Å². The quantitative estimate of drug-likeness (QED) is 0.351. The Hall–Kier alpha value is -3.27. The number of carbonyl (C=O) groups is 2. The lowest BCUT2D eigenvalue weighted by atomic mass is 10.1. The van der Waals surface area contributed by atoms with Crippen LogP contribution in [0.2, 0.25) is 0 Å². The molecule has 0 saturated carbocycles. The number of nitrogens with zero attached hydrogens (tertiary/aromatic N) is 1. The molecule has 0 spiro atoms. The molecule has 0 radical (unpaired) electrons. The second-order valence-corrected chi connectivity index (χ2v) is 6.66. The summed E-state index contributed by atoms with van der Waals surface area (Å²) in [5, 5.41) is 13.9. The van der Waals surface area contributed by atoms with Crippen LogP contribution in [0.1, 0.15) is 16.1 Å². The summed E-state index contributed by atoms with van der Waals surface area (Å²) in [7, 11) is 0. The molecule has 144 valence electrons. The predicted molar refractivity (Wildman–Crippen MR) is 101 cm³/mol. The lowest BCUT2D eigenvalue weighted by molar-refractivity contribution is -0.384.